The molecule has 0 aliphatic carbocycles. The summed E-state index contributed by atoms with van der Waals surface area (Å²) in [5.41, 5.74) is 5.47. The highest BCUT2D eigenvalue weighted by molar-refractivity contribution is 5.85. The van der Waals surface area contributed by atoms with E-state index >= 15 is 0 Å². The number of likely N-dealkylation sites (tertiary alicyclic amines) is 1. The molecule has 0 spiro atoms. The third-order valence-corrected chi connectivity index (χ3v) is 3.99. The third kappa shape index (κ3) is 5.20. The van der Waals surface area contributed by atoms with Crippen molar-refractivity contribution < 1.29 is 9.26 Å². The van der Waals surface area contributed by atoms with Gasteiger partial charge in [0.2, 0.25) is 5.89 Å². The summed E-state index contributed by atoms with van der Waals surface area (Å²) in [6.45, 7) is 3.89. The van der Waals surface area contributed by atoms with Gasteiger partial charge in [0.15, 0.2) is 5.82 Å². The van der Waals surface area contributed by atoms with Crippen molar-refractivity contribution in [1.29, 1.82) is 0 Å². The molecule has 1 aromatic heterocycles. The van der Waals surface area contributed by atoms with Crippen LogP contribution in [0.5, 0.6) is 5.75 Å². The van der Waals surface area contributed by atoms with Crippen LogP contribution in [0.1, 0.15) is 24.6 Å². The fourth-order valence-electron chi connectivity index (χ4n) is 2.68. The number of para-hydroxylation sites is 1. The van der Waals surface area contributed by atoms with Gasteiger partial charge in [-0.3, -0.25) is 4.90 Å². The van der Waals surface area contributed by atoms with E-state index in [1.165, 1.54) is 0 Å². The number of halogens is 1. The molecule has 1 aliphatic heterocycles. The van der Waals surface area contributed by atoms with Crippen LogP contribution in [0.4, 0.5) is 0 Å². The molecule has 3 rings (SSSR count). The van der Waals surface area contributed by atoms with Crippen LogP contribution in [-0.2, 0) is 13.1 Å². The number of hydrogen-bond acceptors (Lipinski definition) is 6. The molecule has 23 heavy (non-hydrogen) atoms. The van der Waals surface area contributed by atoms with Crippen molar-refractivity contribution in [3.8, 4) is 5.75 Å². The van der Waals surface area contributed by atoms with E-state index in [0.29, 0.717) is 18.4 Å². The molecule has 2 N–H and O–H groups in total. The average molecular weight is 339 g/mol. The fraction of sp³-hybridized carbons (Fsp3) is 0.500. The largest absolute Gasteiger partial charge is 0.493 e. The summed E-state index contributed by atoms with van der Waals surface area (Å²) in [5.74, 6) is 2.79. The van der Waals surface area contributed by atoms with Gasteiger partial charge in [0.25, 0.3) is 0 Å². The topological polar surface area (TPSA) is 77.4 Å². The lowest BCUT2D eigenvalue weighted by Gasteiger charge is -2.30. The maximum Gasteiger partial charge on any atom is 0.240 e. The standard InChI is InChI=1S/C16H22N4O2.ClH/c17-10-16-18-15(19-22-16)11-20-8-6-13(7-9-20)12-21-14-4-2-1-3-5-14;/h1-5,13H,6-12,17H2;1H. The van der Waals surface area contributed by atoms with Gasteiger partial charge < -0.3 is 15.0 Å². The lowest BCUT2D eigenvalue weighted by molar-refractivity contribution is 0.134. The first kappa shape index (κ1) is 17.7. The van der Waals surface area contributed by atoms with Gasteiger partial charge in [0.05, 0.1) is 19.7 Å². The molecule has 0 radical (unpaired) electrons. The summed E-state index contributed by atoms with van der Waals surface area (Å²) in [6.07, 6.45) is 2.27. The predicted octanol–water partition coefficient (Wildman–Crippen LogP) is 2.24. The van der Waals surface area contributed by atoms with Crippen LogP contribution < -0.4 is 10.5 Å². The molecule has 1 aromatic carbocycles. The Kier molecular flexibility index (Phi) is 6.83. The molecule has 2 aromatic rings. The lowest BCUT2D eigenvalue weighted by atomic mass is 9.98. The van der Waals surface area contributed by atoms with E-state index in [2.05, 4.69) is 15.0 Å². The van der Waals surface area contributed by atoms with Gasteiger partial charge in [-0.2, -0.15) is 4.98 Å². The monoisotopic (exact) mass is 338 g/mol. The maximum absolute atomic E-state index is 5.84. The van der Waals surface area contributed by atoms with E-state index in [1.54, 1.807) is 0 Å². The Balaban J connectivity index is 0.00000192. The second kappa shape index (κ2) is 8.86. The highest BCUT2D eigenvalue weighted by Crippen LogP contribution is 2.20. The molecule has 6 nitrogen and oxygen atoms in total. The summed E-state index contributed by atoms with van der Waals surface area (Å²) < 4.78 is 10.9. The first-order chi connectivity index (χ1) is 10.8. The molecule has 2 heterocycles. The lowest BCUT2D eigenvalue weighted by Crippen LogP contribution is -2.35. The van der Waals surface area contributed by atoms with Gasteiger partial charge in [-0.1, -0.05) is 23.4 Å². The van der Waals surface area contributed by atoms with Crippen LogP contribution in [-0.4, -0.2) is 34.7 Å². The Morgan fingerprint density at radius 1 is 1.22 bits per heavy atom. The third-order valence-electron chi connectivity index (χ3n) is 3.99. The number of hydrogen-bond donors (Lipinski definition) is 1. The van der Waals surface area contributed by atoms with Crippen LogP contribution in [0.3, 0.4) is 0 Å². The number of piperidine rings is 1. The minimum atomic E-state index is 0. The van der Waals surface area contributed by atoms with Crippen LogP contribution in [0.15, 0.2) is 34.9 Å². The number of benzene rings is 1. The zero-order valence-electron chi connectivity index (χ0n) is 13.1. The van der Waals surface area contributed by atoms with Crippen molar-refractivity contribution in [2.45, 2.75) is 25.9 Å². The smallest absolute Gasteiger partial charge is 0.240 e. The Hall–Kier alpha value is -1.63. The van der Waals surface area contributed by atoms with E-state index in [4.69, 9.17) is 15.0 Å². The van der Waals surface area contributed by atoms with E-state index in [0.717, 1.165) is 50.7 Å². The Morgan fingerprint density at radius 2 is 1.96 bits per heavy atom. The molecule has 0 saturated carbocycles. The summed E-state index contributed by atoms with van der Waals surface area (Å²) in [5, 5.41) is 3.94. The highest BCUT2D eigenvalue weighted by atomic mass is 35.5. The number of aromatic nitrogens is 2. The van der Waals surface area contributed by atoms with Crippen molar-refractivity contribution in [1.82, 2.24) is 15.0 Å². The normalized spacial score (nSPS) is 16.0. The summed E-state index contributed by atoms with van der Waals surface area (Å²) in [7, 11) is 0. The van der Waals surface area contributed by atoms with Gasteiger partial charge in [-0.15, -0.1) is 12.4 Å². The van der Waals surface area contributed by atoms with Gasteiger partial charge in [-0.05, 0) is 44.0 Å². The number of nitrogens with zero attached hydrogens (tertiary/aromatic N) is 3. The summed E-state index contributed by atoms with van der Waals surface area (Å²) >= 11 is 0. The molecule has 126 valence electrons. The molecule has 7 heteroatoms. The Labute approximate surface area is 142 Å². The minimum absolute atomic E-state index is 0. The second-order valence-corrected chi connectivity index (χ2v) is 5.65. The molecular weight excluding hydrogens is 316 g/mol. The zero-order valence-corrected chi connectivity index (χ0v) is 13.9. The molecule has 0 bridgehead atoms. The first-order valence-corrected chi connectivity index (χ1v) is 7.75. The van der Waals surface area contributed by atoms with E-state index in [-0.39, 0.29) is 12.4 Å². The minimum Gasteiger partial charge on any atom is -0.493 e. The molecule has 1 fully saturated rings. The van der Waals surface area contributed by atoms with Crippen molar-refractivity contribution >= 4 is 12.4 Å². The zero-order chi connectivity index (χ0) is 15.2. The molecule has 0 amide bonds. The van der Waals surface area contributed by atoms with Gasteiger partial charge in [0, 0.05) is 0 Å². The van der Waals surface area contributed by atoms with Crippen LogP contribution in [0, 0.1) is 5.92 Å². The molecule has 1 aliphatic rings. The average Bonchev–Trinajstić information content (AvgIpc) is 3.03. The Morgan fingerprint density at radius 3 is 2.61 bits per heavy atom. The Bertz CT molecular complexity index is 570. The quantitative estimate of drug-likeness (QED) is 0.870. The predicted molar refractivity (Wildman–Crippen MR) is 89.4 cm³/mol. The summed E-state index contributed by atoms with van der Waals surface area (Å²) in [4.78, 5) is 6.60. The highest BCUT2D eigenvalue weighted by Gasteiger charge is 2.21. The van der Waals surface area contributed by atoms with Crippen molar-refractivity contribution in [2.75, 3.05) is 19.7 Å². The van der Waals surface area contributed by atoms with Gasteiger partial charge >= 0.3 is 0 Å². The maximum atomic E-state index is 5.84. The number of ether oxygens (including phenoxy) is 1. The van der Waals surface area contributed by atoms with Crippen molar-refractivity contribution in [3.05, 3.63) is 42.0 Å². The van der Waals surface area contributed by atoms with Crippen LogP contribution >= 0.6 is 12.4 Å². The molecule has 0 unspecified atom stereocenters. The molecular formula is C16H23ClN4O2. The second-order valence-electron chi connectivity index (χ2n) is 5.65. The fourth-order valence-corrected chi connectivity index (χ4v) is 2.68. The SMILES string of the molecule is Cl.NCc1nc(CN2CCC(COc3ccccc3)CC2)no1. The van der Waals surface area contributed by atoms with E-state index in [1.807, 2.05) is 30.3 Å². The van der Waals surface area contributed by atoms with Crippen LogP contribution in [0.2, 0.25) is 0 Å². The van der Waals surface area contributed by atoms with E-state index in [9.17, 15) is 0 Å². The van der Waals surface area contributed by atoms with E-state index < -0.39 is 0 Å². The summed E-state index contributed by atoms with van der Waals surface area (Å²) in [6, 6.07) is 10.00. The van der Waals surface area contributed by atoms with Gasteiger partial charge in [0.1, 0.15) is 5.75 Å². The van der Waals surface area contributed by atoms with Crippen molar-refractivity contribution in [3.63, 3.8) is 0 Å². The molecule has 0 atom stereocenters. The molecule has 1 saturated heterocycles. The van der Waals surface area contributed by atoms with Crippen molar-refractivity contribution in [2.24, 2.45) is 11.7 Å². The van der Waals surface area contributed by atoms with Crippen LogP contribution in [0.25, 0.3) is 0 Å². The van der Waals surface area contributed by atoms with Gasteiger partial charge in [-0.25, -0.2) is 0 Å². The number of rotatable bonds is 6. The first-order valence-electron chi connectivity index (χ1n) is 7.75. The number of nitrogens with two attached hydrogens (primary N) is 1.